The second-order valence-electron chi connectivity index (χ2n) is 7.82. The van der Waals surface area contributed by atoms with Crippen LogP contribution in [0.25, 0.3) is 16.6 Å². The van der Waals surface area contributed by atoms with Crippen molar-refractivity contribution in [3.05, 3.63) is 84.1 Å². The van der Waals surface area contributed by atoms with Crippen molar-refractivity contribution in [1.29, 1.82) is 0 Å². The standard InChI is InChI=1S/C26H21N7O/c1-3-4-25(34)31-21-7-8-23-22(14-21)26(29-15-27-23)32-20-6-5-19(17(2)11-20)12-18-9-10-33-24(13-18)28-16-30-33/h5-11,13-16H,12H2,1-2H3,(H,31,34)(H,27,29,32). The molecule has 0 saturated heterocycles. The van der Waals surface area contributed by atoms with Crippen LogP contribution in [0.4, 0.5) is 17.2 Å². The van der Waals surface area contributed by atoms with Crippen LogP contribution in [0.3, 0.4) is 0 Å². The van der Waals surface area contributed by atoms with Crippen molar-refractivity contribution in [2.45, 2.75) is 20.3 Å². The van der Waals surface area contributed by atoms with Crippen LogP contribution in [-0.4, -0.2) is 30.5 Å². The number of pyridine rings is 1. The molecule has 0 unspecified atom stereocenters. The van der Waals surface area contributed by atoms with Gasteiger partial charge >= 0.3 is 0 Å². The molecule has 0 bridgehead atoms. The summed E-state index contributed by atoms with van der Waals surface area (Å²) in [5.74, 6) is 5.37. The maximum Gasteiger partial charge on any atom is 0.300 e. The molecule has 0 aliphatic heterocycles. The lowest BCUT2D eigenvalue weighted by molar-refractivity contribution is -0.111. The lowest BCUT2D eigenvalue weighted by Crippen LogP contribution is -2.08. The van der Waals surface area contributed by atoms with Crippen molar-refractivity contribution in [2.24, 2.45) is 0 Å². The topological polar surface area (TPSA) is 97.1 Å². The lowest BCUT2D eigenvalue weighted by atomic mass is 10.0. The van der Waals surface area contributed by atoms with E-state index in [9.17, 15) is 4.79 Å². The largest absolute Gasteiger partial charge is 0.340 e. The van der Waals surface area contributed by atoms with Crippen molar-refractivity contribution < 1.29 is 4.79 Å². The number of aromatic nitrogens is 5. The van der Waals surface area contributed by atoms with E-state index in [1.165, 1.54) is 17.5 Å². The molecule has 0 spiro atoms. The van der Waals surface area contributed by atoms with Gasteiger partial charge in [0.05, 0.1) is 5.52 Å². The second-order valence-corrected chi connectivity index (χ2v) is 7.82. The molecule has 0 radical (unpaired) electrons. The van der Waals surface area contributed by atoms with Crippen LogP contribution in [0.1, 0.15) is 23.6 Å². The van der Waals surface area contributed by atoms with E-state index < -0.39 is 0 Å². The molecular formula is C26H21N7O. The summed E-state index contributed by atoms with van der Waals surface area (Å²) in [6.07, 6.45) is 5.80. The van der Waals surface area contributed by atoms with Crippen molar-refractivity contribution >= 4 is 39.6 Å². The van der Waals surface area contributed by atoms with Crippen LogP contribution in [-0.2, 0) is 11.2 Å². The second kappa shape index (κ2) is 9.00. The average molecular weight is 448 g/mol. The summed E-state index contributed by atoms with van der Waals surface area (Å²) < 4.78 is 1.75. The summed E-state index contributed by atoms with van der Waals surface area (Å²) >= 11 is 0. The molecule has 0 aliphatic rings. The Bertz CT molecular complexity index is 1590. The van der Waals surface area contributed by atoms with Crippen molar-refractivity contribution in [3.8, 4) is 11.8 Å². The van der Waals surface area contributed by atoms with E-state index in [1.54, 1.807) is 23.8 Å². The molecule has 0 aliphatic carbocycles. The highest BCUT2D eigenvalue weighted by Gasteiger charge is 2.09. The number of hydrogen-bond donors (Lipinski definition) is 2. The number of anilines is 3. The van der Waals surface area contributed by atoms with Crippen LogP contribution in [0.2, 0.25) is 0 Å². The number of rotatable bonds is 5. The van der Waals surface area contributed by atoms with Gasteiger partial charge in [0.15, 0.2) is 5.65 Å². The molecule has 34 heavy (non-hydrogen) atoms. The fourth-order valence-corrected chi connectivity index (χ4v) is 3.81. The summed E-state index contributed by atoms with van der Waals surface area (Å²) in [6.45, 7) is 3.72. The highest BCUT2D eigenvalue weighted by Crippen LogP contribution is 2.27. The number of nitrogens with one attached hydrogen (secondary N) is 2. The van der Waals surface area contributed by atoms with E-state index in [0.29, 0.717) is 11.5 Å². The number of hydrogen-bond acceptors (Lipinski definition) is 6. The first-order valence-electron chi connectivity index (χ1n) is 10.7. The zero-order chi connectivity index (χ0) is 23.5. The first kappa shape index (κ1) is 21.1. The molecule has 5 aromatic rings. The third-order valence-electron chi connectivity index (χ3n) is 5.48. The number of nitrogens with zero attached hydrogens (tertiary/aromatic N) is 5. The number of aryl methyl sites for hydroxylation is 1. The van der Waals surface area contributed by atoms with Gasteiger partial charge in [-0.2, -0.15) is 5.10 Å². The number of fused-ring (bicyclic) bond motifs is 2. The van der Waals surface area contributed by atoms with Gasteiger partial charge in [0.1, 0.15) is 18.5 Å². The monoisotopic (exact) mass is 447 g/mol. The first-order valence-corrected chi connectivity index (χ1v) is 10.7. The molecular weight excluding hydrogens is 426 g/mol. The van der Waals surface area contributed by atoms with E-state index in [2.05, 4.69) is 67.6 Å². The Morgan fingerprint density at radius 2 is 1.88 bits per heavy atom. The van der Waals surface area contributed by atoms with Gasteiger partial charge in [-0.15, -0.1) is 0 Å². The normalized spacial score (nSPS) is 10.6. The number of carbonyl (C=O) groups is 1. The SMILES string of the molecule is CC#CC(=O)Nc1ccc2ncnc(Nc3ccc(Cc4ccn5ncnc5c4)c(C)c3)c2c1. The molecule has 3 heterocycles. The predicted molar refractivity (Wildman–Crippen MR) is 132 cm³/mol. The van der Waals surface area contributed by atoms with Gasteiger partial charge in [0.25, 0.3) is 5.91 Å². The minimum atomic E-state index is -0.359. The zero-order valence-corrected chi connectivity index (χ0v) is 18.7. The lowest BCUT2D eigenvalue weighted by Gasteiger charge is -2.12. The van der Waals surface area contributed by atoms with Gasteiger partial charge in [-0.25, -0.2) is 19.5 Å². The predicted octanol–water partition coefficient (Wildman–Crippen LogP) is 4.28. The minimum absolute atomic E-state index is 0.359. The Balaban J connectivity index is 1.39. The van der Waals surface area contributed by atoms with Gasteiger partial charge in [-0.3, -0.25) is 4.79 Å². The molecule has 0 saturated carbocycles. The molecule has 166 valence electrons. The van der Waals surface area contributed by atoms with Crippen LogP contribution in [0, 0.1) is 18.8 Å². The third kappa shape index (κ3) is 4.40. The fourth-order valence-electron chi connectivity index (χ4n) is 3.81. The van der Waals surface area contributed by atoms with Crippen LogP contribution < -0.4 is 10.6 Å². The van der Waals surface area contributed by atoms with Crippen molar-refractivity contribution in [2.75, 3.05) is 10.6 Å². The molecule has 8 nitrogen and oxygen atoms in total. The summed E-state index contributed by atoms with van der Waals surface area (Å²) in [4.78, 5) is 24.9. The Morgan fingerprint density at radius 3 is 2.74 bits per heavy atom. The molecule has 3 aromatic heterocycles. The molecule has 5 rings (SSSR count). The number of benzene rings is 2. The summed E-state index contributed by atoms with van der Waals surface area (Å²) in [5, 5.41) is 11.1. The molecule has 0 fully saturated rings. The Labute approximate surface area is 196 Å². The van der Waals surface area contributed by atoms with Crippen molar-refractivity contribution in [3.63, 3.8) is 0 Å². The molecule has 0 atom stereocenters. The number of carbonyl (C=O) groups excluding carboxylic acids is 1. The third-order valence-corrected chi connectivity index (χ3v) is 5.48. The van der Waals surface area contributed by atoms with E-state index in [-0.39, 0.29) is 5.91 Å². The maximum atomic E-state index is 11.8. The first-order chi connectivity index (χ1) is 16.6. The number of amides is 1. The zero-order valence-electron chi connectivity index (χ0n) is 18.7. The fraction of sp³-hybridized carbons (Fsp3) is 0.115. The highest BCUT2D eigenvalue weighted by molar-refractivity contribution is 6.05. The highest BCUT2D eigenvalue weighted by atomic mass is 16.1. The van der Waals surface area contributed by atoms with Gasteiger partial charge in [-0.05, 0) is 85.3 Å². The van der Waals surface area contributed by atoms with Gasteiger partial charge in [0, 0.05) is 23.0 Å². The van der Waals surface area contributed by atoms with Crippen LogP contribution >= 0.6 is 0 Å². The van der Waals surface area contributed by atoms with Crippen LogP contribution in [0.15, 0.2) is 67.4 Å². The van der Waals surface area contributed by atoms with Gasteiger partial charge < -0.3 is 10.6 Å². The molecule has 2 N–H and O–H groups in total. The molecule has 8 heteroatoms. The molecule has 2 aromatic carbocycles. The van der Waals surface area contributed by atoms with Crippen LogP contribution in [0.5, 0.6) is 0 Å². The van der Waals surface area contributed by atoms with E-state index in [1.807, 2.05) is 30.5 Å². The smallest absolute Gasteiger partial charge is 0.300 e. The quantitative estimate of drug-likeness (QED) is 0.391. The van der Waals surface area contributed by atoms with E-state index in [0.717, 1.165) is 34.2 Å². The van der Waals surface area contributed by atoms with E-state index in [4.69, 9.17) is 0 Å². The average Bonchev–Trinajstić information content (AvgIpc) is 3.29. The Hall–Kier alpha value is -4.77. The summed E-state index contributed by atoms with van der Waals surface area (Å²) in [7, 11) is 0. The minimum Gasteiger partial charge on any atom is -0.340 e. The van der Waals surface area contributed by atoms with Gasteiger partial charge in [0.2, 0.25) is 0 Å². The van der Waals surface area contributed by atoms with E-state index >= 15 is 0 Å². The van der Waals surface area contributed by atoms with Gasteiger partial charge in [-0.1, -0.05) is 12.0 Å². The van der Waals surface area contributed by atoms with Crippen molar-refractivity contribution in [1.82, 2.24) is 24.6 Å². The Kier molecular flexibility index (Phi) is 5.58. The maximum absolute atomic E-state index is 11.8. The summed E-state index contributed by atoms with van der Waals surface area (Å²) in [6, 6.07) is 15.8. The molecule has 1 amide bonds. The summed E-state index contributed by atoms with van der Waals surface area (Å²) in [5.41, 5.74) is 6.72. The Morgan fingerprint density at radius 1 is 1.00 bits per heavy atom.